The van der Waals surface area contributed by atoms with Crippen LogP contribution in [0.2, 0.25) is 0 Å². The quantitative estimate of drug-likeness (QED) is 0.745. The third kappa shape index (κ3) is 4.02. The van der Waals surface area contributed by atoms with Gasteiger partial charge >= 0.3 is 0 Å². The van der Waals surface area contributed by atoms with Crippen molar-refractivity contribution in [2.24, 2.45) is 0 Å². The molecule has 1 heterocycles. The minimum atomic E-state index is 0.311. The van der Waals surface area contributed by atoms with Crippen molar-refractivity contribution >= 4 is 15.9 Å². The Morgan fingerprint density at radius 3 is 2.47 bits per heavy atom. The Balaban J connectivity index is 1.80. The van der Waals surface area contributed by atoms with E-state index in [9.17, 15) is 0 Å². The van der Waals surface area contributed by atoms with Crippen molar-refractivity contribution in [3.8, 4) is 0 Å². The Morgan fingerprint density at radius 2 is 1.89 bits per heavy atom. The number of nitrogens with one attached hydrogen (secondary N) is 1. The highest BCUT2D eigenvalue weighted by Crippen LogP contribution is 2.34. The predicted molar refractivity (Wildman–Crippen MR) is 80.6 cm³/mol. The number of benzene rings is 1. The summed E-state index contributed by atoms with van der Waals surface area (Å²) < 4.78 is 11.6. The van der Waals surface area contributed by atoms with E-state index in [1.165, 1.54) is 12.0 Å². The van der Waals surface area contributed by atoms with Gasteiger partial charge in [0, 0.05) is 36.7 Å². The highest BCUT2D eigenvalue weighted by atomic mass is 79.9. The lowest BCUT2D eigenvalue weighted by atomic mass is 9.72. The molecule has 0 saturated carbocycles. The van der Waals surface area contributed by atoms with E-state index in [1.807, 2.05) is 0 Å². The lowest BCUT2D eigenvalue weighted by Gasteiger charge is -2.43. The summed E-state index contributed by atoms with van der Waals surface area (Å²) in [6.07, 6.45) is 2.27. The number of hydrogen-bond acceptors (Lipinski definition) is 3. The zero-order valence-corrected chi connectivity index (χ0v) is 13.0. The molecule has 1 N–H and O–H groups in total. The van der Waals surface area contributed by atoms with Gasteiger partial charge in [-0.3, -0.25) is 0 Å². The van der Waals surface area contributed by atoms with Crippen LogP contribution in [0.5, 0.6) is 0 Å². The number of halogens is 1. The zero-order chi connectivity index (χ0) is 13.6. The van der Waals surface area contributed by atoms with Gasteiger partial charge in [-0.1, -0.05) is 28.1 Å². The van der Waals surface area contributed by atoms with Gasteiger partial charge in [0.2, 0.25) is 0 Å². The van der Waals surface area contributed by atoms with Crippen LogP contribution < -0.4 is 5.32 Å². The molecular weight excluding hydrogens is 306 g/mol. The molecule has 0 unspecified atom stereocenters. The summed E-state index contributed by atoms with van der Waals surface area (Å²) in [7, 11) is 1.70. The largest absolute Gasteiger partial charge is 0.382 e. The monoisotopic (exact) mass is 327 g/mol. The summed E-state index contributed by atoms with van der Waals surface area (Å²) in [6.45, 7) is 4.35. The molecule has 1 saturated heterocycles. The minimum absolute atomic E-state index is 0.311. The van der Waals surface area contributed by atoms with E-state index in [1.54, 1.807) is 7.11 Å². The maximum Gasteiger partial charge on any atom is 0.0700 e. The molecule has 1 aromatic rings. The molecule has 0 aliphatic carbocycles. The number of hydrogen-bond donors (Lipinski definition) is 1. The minimum Gasteiger partial charge on any atom is -0.382 e. The Kier molecular flexibility index (Phi) is 5.82. The Hall–Kier alpha value is -0.420. The van der Waals surface area contributed by atoms with Crippen molar-refractivity contribution in [1.29, 1.82) is 0 Å². The molecule has 4 heteroatoms. The van der Waals surface area contributed by atoms with Crippen LogP contribution in [0.25, 0.3) is 0 Å². The highest BCUT2D eigenvalue weighted by Gasteiger charge is 2.37. The summed E-state index contributed by atoms with van der Waals surface area (Å²) in [5, 5.41) is 3.40. The van der Waals surface area contributed by atoms with Gasteiger partial charge < -0.3 is 14.8 Å². The van der Waals surface area contributed by atoms with Gasteiger partial charge in [-0.2, -0.15) is 0 Å². The summed E-state index contributed by atoms with van der Waals surface area (Å²) in [5.74, 6) is 0. The number of ether oxygens (including phenoxy) is 2. The first kappa shape index (κ1) is 15.0. The molecule has 0 aromatic heterocycles. The Bertz CT molecular complexity index is 376. The lowest BCUT2D eigenvalue weighted by molar-refractivity contribution is 0.0644. The SMILES string of the molecule is COCCOCCCC1(c2ccc(Br)cc2)CNC1. The van der Waals surface area contributed by atoms with Crippen molar-refractivity contribution < 1.29 is 9.47 Å². The van der Waals surface area contributed by atoms with Crippen LogP contribution in [0.15, 0.2) is 28.7 Å². The summed E-state index contributed by atoms with van der Waals surface area (Å²) in [4.78, 5) is 0. The molecule has 3 nitrogen and oxygen atoms in total. The molecule has 1 aliphatic heterocycles. The Morgan fingerprint density at radius 1 is 1.16 bits per heavy atom. The first-order valence-corrected chi connectivity index (χ1v) is 7.60. The molecule has 106 valence electrons. The molecule has 0 spiro atoms. The van der Waals surface area contributed by atoms with Crippen molar-refractivity contribution in [1.82, 2.24) is 5.32 Å². The van der Waals surface area contributed by atoms with Crippen LogP contribution in [0.3, 0.4) is 0 Å². The smallest absolute Gasteiger partial charge is 0.0700 e. The van der Waals surface area contributed by atoms with Crippen LogP contribution >= 0.6 is 15.9 Å². The first-order chi connectivity index (χ1) is 9.27. The molecule has 2 rings (SSSR count). The molecule has 1 fully saturated rings. The van der Waals surface area contributed by atoms with Crippen LogP contribution in [-0.4, -0.2) is 40.0 Å². The van der Waals surface area contributed by atoms with Crippen molar-refractivity contribution in [3.63, 3.8) is 0 Å². The van der Waals surface area contributed by atoms with E-state index >= 15 is 0 Å². The van der Waals surface area contributed by atoms with Gasteiger partial charge in [-0.15, -0.1) is 0 Å². The zero-order valence-electron chi connectivity index (χ0n) is 11.5. The third-order valence-electron chi connectivity index (χ3n) is 3.76. The van der Waals surface area contributed by atoms with E-state index in [-0.39, 0.29) is 0 Å². The van der Waals surface area contributed by atoms with Gasteiger partial charge in [0.1, 0.15) is 0 Å². The van der Waals surface area contributed by atoms with E-state index in [0.717, 1.165) is 30.6 Å². The average molecular weight is 328 g/mol. The summed E-state index contributed by atoms with van der Waals surface area (Å²) >= 11 is 3.49. The molecule has 1 aliphatic rings. The van der Waals surface area contributed by atoms with E-state index in [0.29, 0.717) is 18.6 Å². The standard InChI is InChI=1S/C15H22BrNO2/c1-18-9-10-19-8-2-7-15(11-17-12-15)13-3-5-14(16)6-4-13/h3-6,17H,2,7-12H2,1H3. The fourth-order valence-corrected chi connectivity index (χ4v) is 2.78. The van der Waals surface area contributed by atoms with E-state index in [2.05, 4.69) is 45.5 Å². The van der Waals surface area contributed by atoms with Crippen LogP contribution in [0.1, 0.15) is 18.4 Å². The second-order valence-electron chi connectivity index (χ2n) is 5.10. The predicted octanol–water partition coefficient (Wildman–Crippen LogP) is 2.73. The molecule has 0 radical (unpaired) electrons. The molecule has 0 atom stereocenters. The fourth-order valence-electron chi connectivity index (χ4n) is 2.51. The van der Waals surface area contributed by atoms with Crippen LogP contribution in [0.4, 0.5) is 0 Å². The average Bonchev–Trinajstić information content (AvgIpc) is 2.38. The van der Waals surface area contributed by atoms with Crippen LogP contribution in [0, 0.1) is 0 Å². The molecule has 1 aromatic carbocycles. The summed E-state index contributed by atoms with van der Waals surface area (Å²) in [6, 6.07) is 8.72. The first-order valence-electron chi connectivity index (χ1n) is 6.80. The van der Waals surface area contributed by atoms with Gasteiger partial charge in [0.15, 0.2) is 0 Å². The molecule has 19 heavy (non-hydrogen) atoms. The number of rotatable bonds is 8. The van der Waals surface area contributed by atoms with Gasteiger partial charge in [-0.25, -0.2) is 0 Å². The lowest BCUT2D eigenvalue weighted by Crippen LogP contribution is -2.56. The topological polar surface area (TPSA) is 30.5 Å². The fraction of sp³-hybridized carbons (Fsp3) is 0.600. The van der Waals surface area contributed by atoms with Crippen LogP contribution in [-0.2, 0) is 14.9 Å². The molecule has 0 bridgehead atoms. The second kappa shape index (κ2) is 7.39. The van der Waals surface area contributed by atoms with Gasteiger partial charge in [0.05, 0.1) is 13.2 Å². The van der Waals surface area contributed by atoms with E-state index in [4.69, 9.17) is 9.47 Å². The normalized spacial score (nSPS) is 17.2. The van der Waals surface area contributed by atoms with Gasteiger partial charge in [-0.05, 0) is 30.5 Å². The second-order valence-corrected chi connectivity index (χ2v) is 6.02. The van der Waals surface area contributed by atoms with Crippen molar-refractivity contribution in [2.45, 2.75) is 18.3 Å². The van der Waals surface area contributed by atoms with Crippen molar-refractivity contribution in [2.75, 3.05) is 40.0 Å². The maximum absolute atomic E-state index is 5.54. The van der Waals surface area contributed by atoms with Crippen molar-refractivity contribution in [3.05, 3.63) is 34.3 Å². The molecule has 0 amide bonds. The Labute approximate surface area is 123 Å². The third-order valence-corrected chi connectivity index (χ3v) is 4.29. The highest BCUT2D eigenvalue weighted by molar-refractivity contribution is 9.10. The van der Waals surface area contributed by atoms with E-state index < -0.39 is 0 Å². The molecular formula is C15H22BrNO2. The maximum atomic E-state index is 5.54. The van der Waals surface area contributed by atoms with Gasteiger partial charge in [0.25, 0.3) is 0 Å². The number of methoxy groups -OCH3 is 1. The summed E-state index contributed by atoms with van der Waals surface area (Å²) in [5.41, 5.74) is 1.75.